The molecule has 2 aromatic heterocycles. The molecule has 1 aromatic carbocycles. The van der Waals surface area contributed by atoms with E-state index in [1.54, 1.807) is 18.0 Å². The van der Waals surface area contributed by atoms with Crippen LogP contribution < -0.4 is 5.32 Å². The van der Waals surface area contributed by atoms with Gasteiger partial charge in [0, 0.05) is 42.0 Å². The van der Waals surface area contributed by atoms with Crippen LogP contribution in [0.25, 0.3) is 16.6 Å². The van der Waals surface area contributed by atoms with Crippen LogP contribution in [0.2, 0.25) is 0 Å². The minimum atomic E-state index is -0.586. The third-order valence-electron chi connectivity index (χ3n) is 6.05. The summed E-state index contributed by atoms with van der Waals surface area (Å²) in [5, 5.41) is 3.94. The van der Waals surface area contributed by atoms with Crippen molar-refractivity contribution in [2.75, 3.05) is 13.1 Å². The van der Waals surface area contributed by atoms with Crippen molar-refractivity contribution in [3.05, 3.63) is 71.6 Å². The van der Waals surface area contributed by atoms with E-state index >= 15 is 0 Å². The van der Waals surface area contributed by atoms with Crippen LogP contribution in [-0.4, -0.2) is 45.8 Å². The Labute approximate surface area is 188 Å². The fourth-order valence-electron chi connectivity index (χ4n) is 4.07. The van der Waals surface area contributed by atoms with Crippen molar-refractivity contribution in [2.45, 2.75) is 45.6 Å². The second kappa shape index (κ2) is 8.61. The van der Waals surface area contributed by atoms with Crippen molar-refractivity contribution >= 4 is 28.4 Å². The van der Waals surface area contributed by atoms with Crippen molar-refractivity contribution in [3.8, 4) is 0 Å². The maximum atomic E-state index is 12.9. The number of hydrogen-bond acceptors (Lipinski definition) is 3. The monoisotopic (exact) mass is 430 g/mol. The first-order chi connectivity index (χ1) is 15.2. The molecule has 2 amide bonds. The molecule has 0 fully saturated rings. The van der Waals surface area contributed by atoms with Gasteiger partial charge >= 0.3 is 0 Å². The fraction of sp³-hybridized carbons (Fsp3) is 0.346. The number of benzene rings is 1. The van der Waals surface area contributed by atoms with Gasteiger partial charge in [-0.3, -0.25) is 9.59 Å². The van der Waals surface area contributed by atoms with Crippen LogP contribution in [0, 0.1) is 0 Å². The van der Waals surface area contributed by atoms with Crippen molar-refractivity contribution < 1.29 is 9.59 Å². The summed E-state index contributed by atoms with van der Waals surface area (Å²) >= 11 is 0. The minimum absolute atomic E-state index is 0.0299. The van der Waals surface area contributed by atoms with Gasteiger partial charge in [0.15, 0.2) is 0 Å². The number of aromatic nitrogens is 2. The molecular formula is C26H30N4O2. The van der Waals surface area contributed by atoms with Crippen LogP contribution >= 0.6 is 0 Å². The van der Waals surface area contributed by atoms with Crippen LogP contribution in [0.3, 0.4) is 0 Å². The SMILES string of the molecule is CC(NC(=O)c1ccc(C(C)(C)C)cc1)C(=O)N1CC=C(c2c[nH]c3ncccc23)CC1. The van der Waals surface area contributed by atoms with E-state index in [-0.39, 0.29) is 17.2 Å². The molecule has 0 saturated heterocycles. The smallest absolute Gasteiger partial charge is 0.251 e. The van der Waals surface area contributed by atoms with Gasteiger partial charge in [-0.1, -0.05) is 39.0 Å². The van der Waals surface area contributed by atoms with Gasteiger partial charge in [0.2, 0.25) is 5.91 Å². The summed E-state index contributed by atoms with van der Waals surface area (Å²) in [7, 11) is 0. The van der Waals surface area contributed by atoms with E-state index in [0.717, 1.165) is 23.0 Å². The standard InChI is InChI=1S/C26H30N4O2/c1-17(29-24(31)19-7-9-20(10-8-19)26(2,3)4)25(32)30-14-11-18(12-15-30)22-16-28-23-21(22)6-5-13-27-23/h5-11,13,16-17H,12,14-15H2,1-4H3,(H,27,28)(H,29,31). The number of amides is 2. The molecule has 0 saturated carbocycles. The number of carbonyl (C=O) groups excluding carboxylic acids is 2. The molecule has 6 nitrogen and oxygen atoms in total. The lowest BCUT2D eigenvalue weighted by Gasteiger charge is -2.29. The zero-order valence-corrected chi connectivity index (χ0v) is 19.1. The van der Waals surface area contributed by atoms with Gasteiger partial charge in [0.1, 0.15) is 11.7 Å². The highest BCUT2D eigenvalue weighted by atomic mass is 16.2. The first-order valence-corrected chi connectivity index (χ1v) is 11.1. The molecule has 1 atom stereocenters. The van der Waals surface area contributed by atoms with Gasteiger partial charge in [-0.2, -0.15) is 0 Å². The first-order valence-electron chi connectivity index (χ1n) is 11.1. The number of pyridine rings is 1. The molecule has 0 radical (unpaired) electrons. The van der Waals surface area contributed by atoms with Crippen LogP contribution in [0.4, 0.5) is 0 Å². The number of aromatic amines is 1. The van der Waals surface area contributed by atoms with Gasteiger partial charge in [-0.05, 0) is 54.2 Å². The Balaban J connectivity index is 1.38. The summed E-state index contributed by atoms with van der Waals surface area (Å²) in [6, 6.07) is 11.0. The molecule has 1 aliphatic rings. The second-order valence-corrected chi connectivity index (χ2v) is 9.39. The zero-order valence-electron chi connectivity index (χ0n) is 19.1. The maximum absolute atomic E-state index is 12.9. The van der Waals surface area contributed by atoms with E-state index in [1.807, 2.05) is 36.5 Å². The lowest BCUT2D eigenvalue weighted by atomic mass is 9.86. The van der Waals surface area contributed by atoms with Crippen LogP contribution in [-0.2, 0) is 10.2 Å². The van der Waals surface area contributed by atoms with Gasteiger partial charge in [0.25, 0.3) is 5.91 Å². The molecule has 0 aliphatic carbocycles. The molecule has 6 heteroatoms. The molecular weight excluding hydrogens is 400 g/mol. The van der Waals surface area contributed by atoms with Crippen LogP contribution in [0.15, 0.2) is 54.9 Å². The predicted octanol–water partition coefficient (Wildman–Crippen LogP) is 4.29. The average molecular weight is 431 g/mol. The molecule has 32 heavy (non-hydrogen) atoms. The summed E-state index contributed by atoms with van der Waals surface area (Å²) in [6.45, 7) is 9.30. The van der Waals surface area contributed by atoms with Crippen molar-refractivity contribution in [2.24, 2.45) is 0 Å². The maximum Gasteiger partial charge on any atom is 0.251 e. The van der Waals surface area contributed by atoms with Gasteiger partial charge in [-0.25, -0.2) is 4.98 Å². The number of hydrogen-bond donors (Lipinski definition) is 2. The second-order valence-electron chi connectivity index (χ2n) is 9.39. The van der Waals surface area contributed by atoms with Gasteiger partial charge in [0.05, 0.1) is 0 Å². The molecule has 3 heterocycles. The summed E-state index contributed by atoms with van der Waals surface area (Å²) in [5.74, 6) is -0.300. The summed E-state index contributed by atoms with van der Waals surface area (Å²) < 4.78 is 0. The fourth-order valence-corrected chi connectivity index (χ4v) is 4.07. The average Bonchev–Trinajstić information content (AvgIpc) is 3.22. The molecule has 0 spiro atoms. The van der Waals surface area contributed by atoms with Crippen LogP contribution in [0.5, 0.6) is 0 Å². The molecule has 4 rings (SSSR count). The van der Waals surface area contributed by atoms with E-state index in [1.165, 1.54) is 11.1 Å². The summed E-state index contributed by atoms with van der Waals surface area (Å²) in [6.07, 6.45) is 6.61. The third kappa shape index (κ3) is 4.44. The largest absolute Gasteiger partial charge is 0.346 e. The topological polar surface area (TPSA) is 78.1 Å². The molecule has 166 valence electrons. The van der Waals surface area contributed by atoms with E-state index < -0.39 is 6.04 Å². The molecule has 0 bridgehead atoms. The minimum Gasteiger partial charge on any atom is -0.346 e. The third-order valence-corrected chi connectivity index (χ3v) is 6.05. The Hall–Kier alpha value is -3.41. The molecule has 2 N–H and O–H groups in total. The Morgan fingerprint density at radius 1 is 1.16 bits per heavy atom. The number of nitrogens with one attached hydrogen (secondary N) is 2. The lowest BCUT2D eigenvalue weighted by molar-refractivity contribution is -0.132. The molecule has 1 aliphatic heterocycles. The highest BCUT2D eigenvalue weighted by Gasteiger charge is 2.25. The lowest BCUT2D eigenvalue weighted by Crippen LogP contribution is -2.48. The van der Waals surface area contributed by atoms with Gasteiger partial charge < -0.3 is 15.2 Å². The Kier molecular flexibility index (Phi) is 5.87. The number of fused-ring (bicyclic) bond motifs is 1. The quantitative estimate of drug-likeness (QED) is 0.648. The van der Waals surface area contributed by atoms with Crippen molar-refractivity contribution in [1.29, 1.82) is 0 Å². The Morgan fingerprint density at radius 3 is 2.56 bits per heavy atom. The number of carbonyl (C=O) groups is 2. The normalized spacial score (nSPS) is 15.4. The van der Waals surface area contributed by atoms with Crippen LogP contribution in [0.1, 0.15) is 55.6 Å². The van der Waals surface area contributed by atoms with Crippen molar-refractivity contribution in [1.82, 2.24) is 20.2 Å². The van der Waals surface area contributed by atoms with E-state index in [0.29, 0.717) is 18.7 Å². The highest BCUT2D eigenvalue weighted by molar-refractivity contribution is 5.97. The van der Waals surface area contributed by atoms with Gasteiger partial charge in [-0.15, -0.1) is 0 Å². The van der Waals surface area contributed by atoms with E-state index in [4.69, 9.17) is 0 Å². The number of H-pyrrole nitrogens is 1. The highest BCUT2D eigenvalue weighted by Crippen LogP contribution is 2.28. The Morgan fingerprint density at radius 2 is 1.91 bits per heavy atom. The Bertz CT molecular complexity index is 1170. The summed E-state index contributed by atoms with van der Waals surface area (Å²) in [5.41, 5.74) is 4.98. The number of rotatable bonds is 4. The molecule has 3 aromatic rings. The first kappa shape index (κ1) is 21.8. The number of nitrogens with zero attached hydrogens (tertiary/aromatic N) is 2. The predicted molar refractivity (Wildman–Crippen MR) is 127 cm³/mol. The van der Waals surface area contributed by atoms with E-state index in [2.05, 4.69) is 48.2 Å². The summed E-state index contributed by atoms with van der Waals surface area (Å²) in [4.78, 5) is 34.9. The van der Waals surface area contributed by atoms with Crippen molar-refractivity contribution in [3.63, 3.8) is 0 Å². The zero-order chi connectivity index (χ0) is 22.9. The van der Waals surface area contributed by atoms with E-state index in [9.17, 15) is 9.59 Å². The molecule has 1 unspecified atom stereocenters.